The van der Waals surface area contributed by atoms with Gasteiger partial charge in [-0.2, -0.15) is 28.8 Å². The Morgan fingerprint density at radius 1 is 1.26 bits per heavy atom. The van der Waals surface area contributed by atoms with Crippen LogP contribution in [0.5, 0.6) is 0 Å². The molecule has 2 rings (SSSR count). The summed E-state index contributed by atoms with van der Waals surface area (Å²) in [5.74, 6) is 0.431. The van der Waals surface area contributed by atoms with Crippen LogP contribution in [0.4, 0.5) is 0 Å². The van der Waals surface area contributed by atoms with Gasteiger partial charge in [-0.15, -0.1) is 0 Å². The van der Waals surface area contributed by atoms with E-state index in [1.165, 1.54) is 4.31 Å². The van der Waals surface area contributed by atoms with Crippen LogP contribution in [0.1, 0.15) is 19.8 Å². The van der Waals surface area contributed by atoms with Crippen molar-refractivity contribution in [2.24, 2.45) is 5.92 Å². The van der Waals surface area contributed by atoms with Gasteiger partial charge in [-0.3, -0.25) is 4.79 Å². The van der Waals surface area contributed by atoms with Crippen molar-refractivity contribution in [3.8, 4) is 0 Å². The third-order valence-corrected chi connectivity index (χ3v) is 7.07. The van der Waals surface area contributed by atoms with E-state index in [2.05, 4.69) is 0 Å². The maximum atomic E-state index is 12.5. The monoisotopic (exact) mass is 308 g/mol. The SMILES string of the molecule is CC1CSCCN1S(=O)(=O)N1CCC(C(=O)O)CC1. The molecule has 0 aliphatic carbocycles. The Balaban J connectivity index is 2.03. The number of thioether (sulfide) groups is 1. The zero-order valence-electron chi connectivity index (χ0n) is 11.0. The number of carbonyl (C=O) groups is 1. The van der Waals surface area contributed by atoms with Crippen LogP contribution in [0, 0.1) is 5.92 Å². The van der Waals surface area contributed by atoms with Crippen molar-refractivity contribution in [2.75, 3.05) is 31.1 Å². The summed E-state index contributed by atoms with van der Waals surface area (Å²) in [5.41, 5.74) is 0. The Morgan fingerprint density at radius 2 is 1.89 bits per heavy atom. The van der Waals surface area contributed by atoms with Gasteiger partial charge in [0.05, 0.1) is 5.92 Å². The summed E-state index contributed by atoms with van der Waals surface area (Å²) in [5, 5.41) is 8.94. The van der Waals surface area contributed by atoms with Crippen LogP contribution in [-0.4, -0.2) is 65.3 Å². The first-order chi connectivity index (χ1) is 8.93. The standard InChI is InChI=1S/C11H20N2O4S2/c1-9-8-18-7-6-13(9)19(16,17)12-4-2-10(3-5-12)11(14)15/h9-10H,2-8H2,1H3,(H,14,15). The number of piperidine rings is 1. The van der Waals surface area contributed by atoms with Gasteiger partial charge in [-0.1, -0.05) is 0 Å². The second-order valence-corrected chi connectivity index (χ2v) is 8.08. The molecule has 2 aliphatic heterocycles. The zero-order chi connectivity index (χ0) is 14.0. The molecule has 110 valence electrons. The molecule has 1 atom stereocenters. The first kappa shape index (κ1) is 15.1. The summed E-state index contributed by atoms with van der Waals surface area (Å²) in [4.78, 5) is 10.9. The van der Waals surface area contributed by atoms with E-state index in [4.69, 9.17) is 5.11 Å². The summed E-state index contributed by atoms with van der Waals surface area (Å²) in [7, 11) is -3.42. The molecule has 2 fully saturated rings. The van der Waals surface area contributed by atoms with E-state index in [1.807, 2.05) is 6.92 Å². The number of carboxylic acid groups (broad SMARTS) is 1. The highest BCUT2D eigenvalue weighted by molar-refractivity contribution is 7.99. The van der Waals surface area contributed by atoms with Gasteiger partial charge in [0.25, 0.3) is 10.2 Å². The molecule has 8 heteroatoms. The lowest BCUT2D eigenvalue weighted by Gasteiger charge is -2.38. The van der Waals surface area contributed by atoms with Gasteiger partial charge in [0.2, 0.25) is 0 Å². The summed E-state index contributed by atoms with van der Waals surface area (Å²) in [6.07, 6.45) is 0.817. The largest absolute Gasteiger partial charge is 0.481 e. The molecule has 2 saturated heterocycles. The highest BCUT2D eigenvalue weighted by Gasteiger charge is 2.37. The molecule has 0 aromatic heterocycles. The highest BCUT2D eigenvalue weighted by atomic mass is 32.2. The van der Waals surface area contributed by atoms with E-state index in [-0.39, 0.29) is 6.04 Å². The van der Waals surface area contributed by atoms with Gasteiger partial charge in [-0.05, 0) is 19.8 Å². The molecule has 2 aliphatic rings. The zero-order valence-corrected chi connectivity index (χ0v) is 12.6. The minimum Gasteiger partial charge on any atom is -0.481 e. The summed E-state index contributed by atoms with van der Waals surface area (Å²) in [6.45, 7) is 3.10. The normalized spacial score (nSPS) is 28.4. The Bertz CT molecular complexity index is 432. The Kier molecular flexibility index (Phi) is 4.75. The smallest absolute Gasteiger partial charge is 0.306 e. The molecule has 19 heavy (non-hydrogen) atoms. The van der Waals surface area contributed by atoms with Gasteiger partial charge in [0.15, 0.2) is 0 Å². The number of carboxylic acids is 1. The quantitative estimate of drug-likeness (QED) is 0.820. The van der Waals surface area contributed by atoms with E-state index >= 15 is 0 Å². The third-order valence-electron chi connectivity index (χ3n) is 3.73. The maximum absolute atomic E-state index is 12.5. The van der Waals surface area contributed by atoms with Crippen molar-refractivity contribution in [2.45, 2.75) is 25.8 Å². The lowest BCUT2D eigenvalue weighted by Crippen LogP contribution is -2.53. The van der Waals surface area contributed by atoms with E-state index in [0.717, 1.165) is 11.5 Å². The van der Waals surface area contributed by atoms with Crippen LogP contribution in [0.15, 0.2) is 0 Å². The fourth-order valence-corrected chi connectivity index (χ4v) is 5.58. The van der Waals surface area contributed by atoms with Gasteiger partial charge in [0.1, 0.15) is 0 Å². The number of hydrogen-bond donors (Lipinski definition) is 1. The highest BCUT2D eigenvalue weighted by Crippen LogP contribution is 2.25. The van der Waals surface area contributed by atoms with Crippen molar-refractivity contribution < 1.29 is 18.3 Å². The summed E-state index contributed by atoms with van der Waals surface area (Å²) >= 11 is 1.77. The fourth-order valence-electron chi connectivity index (χ4n) is 2.54. The van der Waals surface area contributed by atoms with E-state index in [0.29, 0.717) is 32.5 Å². The summed E-state index contributed by atoms with van der Waals surface area (Å²) < 4.78 is 28.0. The molecular weight excluding hydrogens is 288 g/mol. The molecule has 0 aromatic rings. The van der Waals surface area contributed by atoms with Crippen LogP contribution >= 0.6 is 11.8 Å². The Hall–Kier alpha value is -0.310. The predicted octanol–water partition coefficient (Wildman–Crippen LogP) is 0.465. The Labute approximate surface area is 118 Å². The van der Waals surface area contributed by atoms with Crippen molar-refractivity contribution in [1.82, 2.24) is 8.61 Å². The lowest BCUT2D eigenvalue weighted by atomic mass is 9.99. The first-order valence-corrected chi connectivity index (χ1v) is 9.05. The first-order valence-electron chi connectivity index (χ1n) is 6.50. The molecule has 0 spiro atoms. The number of hydrogen-bond acceptors (Lipinski definition) is 4. The van der Waals surface area contributed by atoms with Gasteiger partial charge >= 0.3 is 5.97 Å². The number of aliphatic carboxylic acids is 1. The van der Waals surface area contributed by atoms with Crippen molar-refractivity contribution in [3.05, 3.63) is 0 Å². The second-order valence-electron chi connectivity index (χ2n) is 5.05. The fraction of sp³-hybridized carbons (Fsp3) is 0.909. The minimum atomic E-state index is -3.42. The van der Waals surface area contributed by atoms with Crippen LogP contribution in [0.2, 0.25) is 0 Å². The van der Waals surface area contributed by atoms with E-state index < -0.39 is 22.1 Å². The Morgan fingerprint density at radius 3 is 2.42 bits per heavy atom. The second kappa shape index (κ2) is 5.99. The van der Waals surface area contributed by atoms with Crippen molar-refractivity contribution >= 4 is 27.9 Å². The van der Waals surface area contributed by atoms with E-state index in [1.54, 1.807) is 16.1 Å². The molecule has 0 saturated carbocycles. The van der Waals surface area contributed by atoms with Crippen LogP contribution in [-0.2, 0) is 15.0 Å². The van der Waals surface area contributed by atoms with Crippen LogP contribution in [0.3, 0.4) is 0 Å². The third kappa shape index (κ3) is 3.24. The lowest BCUT2D eigenvalue weighted by molar-refractivity contribution is -0.142. The molecule has 0 radical (unpaired) electrons. The number of nitrogens with zero attached hydrogens (tertiary/aromatic N) is 2. The molecule has 2 heterocycles. The summed E-state index contributed by atoms with van der Waals surface area (Å²) in [6, 6.07) is 0.0148. The molecule has 0 aromatic carbocycles. The molecular formula is C11H20N2O4S2. The van der Waals surface area contributed by atoms with Crippen LogP contribution in [0.25, 0.3) is 0 Å². The predicted molar refractivity (Wildman–Crippen MR) is 74.3 cm³/mol. The number of rotatable bonds is 3. The molecule has 1 unspecified atom stereocenters. The average Bonchev–Trinajstić information content (AvgIpc) is 2.39. The molecule has 0 amide bonds. The molecule has 1 N–H and O–H groups in total. The maximum Gasteiger partial charge on any atom is 0.306 e. The van der Waals surface area contributed by atoms with Crippen molar-refractivity contribution in [3.63, 3.8) is 0 Å². The average molecular weight is 308 g/mol. The molecule has 6 nitrogen and oxygen atoms in total. The van der Waals surface area contributed by atoms with Crippen molar-refractivity contribution in [1.29, 1.82) is 0 Å². The molecule has 0 bridgehead atoms. The topological polar surface area (TPSA) is 77.9 Å². The van der Waals surface area contributed by atoms with Gasteiger partial charge in [0, 0.05) is 37.2 Å². The van der Waals surface area contributed by atoms with Crippen LogP contribution < -0.4 is 0 Å². The van der Waals surface area contributed by atoms with Gasteiger partial charge < -0.3 is 5.11 Å². The van der Waals surface area contributed by atoms with E-state index in [9.17, 15) is 13.2 Å². The van der Waals surface area contributed by atoms with Gasteiger partial charge in [-0.25, -0.2) is 0 Å². The minimum absolute atomic E-state index is 0.0148.